The van der Waals surface area contributed by atoms with Gasteiger partial charge in [0.05, 0.1) is 16.8 Å². The van der Waals surface area contributed by atoms with Crippen LogP contribution in [-0.4, -0.2) is 87.7 Å². The number of rotatable bonds is 5. The Kier molecular flexibility index (Phi) is 6.35. The Morgan fingerprint density at radius 3 is 2.20 bits per heavy atom. The lowest BCUT2D eigenvalue weighted by Gasteiger charge is -2.35. The van der Waals surface area contributed by atoms with Gasteiger partial charge in [-0.05, 0) is 30.7 Å². The first-order valence-electron chi connectivity index (χ1n) is 9.16. The third kappa shape index (κ3) is 5.43. The van der Waals surface area contributed by atoms with E-state index in [9.17, 15) is 34.8 Å². The van der Waals surface area contributed by atoms with Crippen LogP contribution in [0, 0.1) is 0 Å². The van der Waals surface area contributed by atoms with E-state index in [1.807, 2.05) is 0 Å². The van der Waals surface area contributed by atoms with Gasteiger partial charge in [-0.3, -0.25) is 4.79 Å². The van der Waals surface area contributed by atoms with E-state index in [4.69, 9.17) is 0 Å². The average Bonchev–Trinajstić information content (AvgIpc) is 3.06. The zero-order valence-corrected chi connectivity index (χ0v) is 17.5. The van der Waals surface area contributed by atoms with E-state index in [0.29, 0.717) is 0 Å². The molecule has 2 aliphatic heterocycles. The van der Waals surface area contributed by atoms with Gasteiger partial charge in [-0.1, -0.05) is 0 Å². The van der Waals surface area contributed by atoms with Crippen molar-refractivity contribution in [2.45, 2.75) is 17.8 Å². The number of carbonyl (C=O) groups is 1. The lowest BCUT2D eigenvalue weighted by Crippen LogP contribution is -2.52. The van der Waals surface area contributed by atoms with Gasteiger partial charge < -0.3 is 9.64 Å². The minimum atomic E-state index is -4.46. The van der Waals surface area contributed by atoms with Gasteiger partial charge in [0.2, 0.25) is 10.0 Å². The van der Waals surface area contributed by atoms with Crippen molar-refractivity contribution in [2.24, 2.45) is 0 Å². The summed E-state index contributed by atoms with van der Waals surface area (Å²) in [6.45, 7) is -1.07. The number of ether oxygens (including phenoxy) is 1. The van der Waals surface area contributed by atoms with E-state index < -0.39 is 37.9 Å². The van der Waals surface area contributed by atoms with Crippen molar-refractivity contribution in [3.05, 3.63) is 29.8 Å². The fourth-order valence-electron chi connectivity index (χ4n) is 3.39. The molecule has 1 aromatic carbocycles. The van der Waals surface area contributed by atoms with Crippen LogP contribution < -0.4 is 4.74 Å². The Hall–Kier alpha value is -1.86. The summed E-state index contributed by atoms with van der Waals surface area (Å²) in [6, 6.07) is 5.22. The second kappa shape index (κ2) is 8.35. The van der Waals surface area contributed by atoms with Gasteiger partial charge in [0.15, 0.2) is 16.4 Å². The van der Waals surface area contributed by atoms with Gasteiger partial charge in [0.25, 0.3) is 5.91 Å². The first-order valence-corrected chi connectivity index (χ1v) is 12.5. The minimum absolute atomic E-state index is 0.0219. The number of nitrogens with zero attached hydrogens (tertiary/aromatic N) is 2. The number of amides is 1. The molecule has 0 radical (unpaired) electrons. The molecule has 0 bridgehead atoms. The predicted octanol–water partition coefficient (Wildman–Crippen LogP) is 0.902. The highest BCUT2D eigenvalue weighted by Crippen LogP contribution is 2.24. The van der Waals surface area contributed by atoms with Gasteiger partial charge in [-0.2, -0.15) is 17.5 Å². The summed E-state index contributed by atoms with van der Waals surface area (Å²) in [5.41, 5.74) is 0.243. The number of sulfonamides is 1. The normalized spacial score (nSPS) is 22.8. The Bertz CT molecular complexity index is 985. The molecule has 1 amide bonds. The van der Waals surface area contributed by atoms with E-state index in [2.05, 4.69) is 4.74 Å². The Morgan fingerprint density at radius 1 is 1.10 bits per heavy atom. The van der Waals surface area contributed by atoms with Gasteiger partial charge >= 0.3 is 6.18 Å². The van der Waals surface area contributed by atoms with Crippen LogP contribution in [0.25, 0.3) is 0 Å². The number of hydrogen-bond donors (Lipinski definition) is 0. The van der Waals surface area contributed by atoms with Crippen LogP contribution in [0.1, 0.15) is 16.8 Å². The number of hydrogen-bond acceptors (Lipinski definition) is 6. The fourth-order valence-corrected chi connectivity index (χ4v) is 7.91. The molecular formula is C17H21F3N2O6S2. The summed E-state index contributed by atoms with van der Waals surface area (Å²) in [4.78, 5) is 14.0. The number of halogens is 3. The predicted molar refractivity (Wildman–Crippen MR) is 101 cm³/mol. The SMILES string of the molecule is O=C(c1ccc(OCC(F)(F)F)cc1)N1CCN(S(=O)(=O)C2CCS(=O)(=O)C2)CC1. The van der Waals surface area contributed by atoms with E-state index in [1.54, 1.807) is 0 Å². The van der Waals surface area contributed by atoms with Crippen molar-refractivity contribution < 1.29 is 39.5 Å². The molecule has 0 saturated carbocycles. The van der Waals surface area contributed by atoms with Gasteiger partial charge in [0.1, 0.15) is 5.75 Å². The molecule has 1 atom stereocenters. The Labute approximate surface area is 172 Å². The van der Waals surface area contributed by atoms with Crippen molar-refractivity contribution in [3.8, 4) is 5.75 Å². The molecule has 2 saturated heterocycles. The van der Waals surface area contributed by atoms with E-state index in [-0.39, 0.29) is 61.3 Å². The van der Waals surface area contributed by atoms with Crippen molar-refractivity contribution in [2.75, 3.05) is 44.3 Å². The first kappa shape index (κ1) is 22.8. The molecular weight excluding hydrogens is 449 g/mol. The molecule has 168 valence electrons. The van der Waals surface area contributed by atoms with Gasteiger partial charge in [-0.25, -0.2) is 16.8 Å². The average molecular weight is 470 g/mol. The van der Waals surface area contributed by atoms with E-state index >= 15 is 0 Å². The summed E-state index contributed by atoms with van der Waals surface area (Å²) in [5.74, 6) is -0.918. The maximum Gasteiger partial charge on any atom is 0.422 e. The van der Waals surface area contributed by atoms with Gasteiger partial charge in [-0.15, -0.1) is 0 Å². The van der Waals surface area contributed by atoms with E-state index in [0.717, 1.165) is 0 Å². The molecule has 2 fully saturated rings. The standard InChI is InChI=1S/C17H21F3N2O6S2/c18-17(19,20)12-28-14-3-1-13(2-4-14)16(23)21-6-8-22(9-7-21)30(26,27)15-5-10-29(24,25)11-15/h1-4,15H,5-12H2. The van der Waals surface area contributed by atoms with Crippen LogP contribution in [-0.2, 0) is 19.9 Å². The zero-order chi connectivity index (χ0) is 22.2. The highest BCUT2D eigenvalue weighted by atomic mass is 32.2. The number of alkyl halides is 3. The summed E-state index contributed by atoms with van der Waals surface area (Å²) in [7, 11) is -7.10. The highest BCUT2D eigenvalue weighted by molar-refractivity contribution is 7.95. The third-order valence-electron chi connectivity index (χ3n) is 5.00. The van der Waals surface area contributed by atoms with Crippen molar-refractivity contribution >= 4 is 25.8 Å². The van der Waals surface area contributed by atoms with Crippen LogP contribution in [0.2, 0.25) is 0 Å². The van der Waals surface area contributed by atoms with Crippen LogP contribution in [0.4, 0.5) is 13.2 Å². The first-order chi connectivity index (χ1) is 13.9. The van der Waals surface area contributed by atoms with Crippen LogP contribution in [0.5, 0.6) is 5.75 Å². The summed E-state index contributed by atoms with van der Waals surface area (Å²) >= 11 is 0. The van der Waals surface area contributed by atoms with Crippen molar-refractivity contribution in [1.29, 1.82) is 0 Å². The lowest BCUT2D eigenvalue weighted by molar-refractivity contribution is -0.153. The van der Waals surface area contributed by atoms with Gasteiger partial charge in [0, 0.05) is 31.7 Å². The summed E-state index contributed by atoms with van der Waals surface area (Å²) in [5, 5.41) is -0.950. The third-order valence-corrected chi connectivity index (χ3v) is 9.31. The number of benzene rings is 1. The number of carbonyl (C=O) groups excluding carboxylic acids is 1. The van der Waals surface area contributed by atoms with Crippen molar-refractivity contribution in [3.63, 3.8) is 0 Å². The molecule has 2 heterocycles. The zero-order valence-electron chi connectivity index (χ0n) is 15.8. The molecule has 8 nitrogen and oxygen atoms in total. The summed E-state index contributed by atoms with van der Waals surface area (Å²) in [6.07, 6.45) is -4.39. The maximum atomic E-state index is 12.7. The monoisotopic (exact) mass is 470 g/mol. The van der Waals surface area contributed by atoms with E-state index in [1.165, 1.54) is 33.5 Å². The molecule has 1 unspecified atom stereocenters. The summed E-state index contributed by atoms with van der Waals surface area (Å²) < 4.78 is 90.8. The minimum Gasteiger partial charge on any atom is -0.484 e. The molecule has 0 spiro atoms. The Morgan fingerprint density at radius 2 is 1.70 bits per heavy atom. The maximum absolute atomic E-state index is 12.7. The number of sulfone groups is 1. The molecule has 0 aliphatic carbocycles. The quantitative estimate of drug-likeness (QED) is 0.634. The molecule has 0 aromatic heterocycles. The lowest BCUT2D eigenvalue weighted by atomic mass is 10.2. The van der Waals surface area contributed by atoms with Crippen LogP contribution in [0.15, 0.2) is 24.3 Å². The fraction of sp³-hybridized carbons (Fsp3) is 0.588. The molecule has 3 rings (SSSR count). The van der Waals surface area contributed by atoms with Crippen molar-refractivity contribution in [1.82, 2.24) is 9.21 Å². The smallest absolute Gasteiger partial charge is 0.422 e. The number of piperazine rings is 1. The molecule has 1 aromatic rings. The molecule has 30 heavy (non-hydrogen) atoms. The second-order valence-electron chi connectivity index (χ2n) is 7.19. The second-order valence-corrected chi connectivity index (χ2v) is 11.6. The van der Waals surface area contributed by atoms with Crippen LogP contribution >= 0.6 is 0 Å². The van der Waals surface area contributed by atoms with Crippen LogP contribution in [0.3, 0.4) is 0 Å². The molecule has 0 N–H and O–H groups in total. The molecule has 2 aliphatic rings. The Balaban J connectivity index is 1.56. The largest absolute Gasteiger partial charge is 0.484 e. The molecule has 13 heteroatoms. The highest BCUT2D eigenvalue weighted by Gasteiger charge is 2.41. The topological polar surface area (TPSA) is 101 Å².